The first kappa shape index (κ1) is 25.7. The van der Waals surface area contributed by atoms with E-state index in [2.05, 4.69) is 5.32 Å². The van der Waals surface area contributed by atoms with Crippen molar-refractivity contribution in [1.29, 1.82) is 0 Å². The van der Waals surface area contributed by atoms with E-state index in [0.717, 1.165) is 27.3 Å². The molecule has 1 N–H and O–H groups in total. The number of halogens is 1. The third kappa shape index (κ3) is 6.71. The van der Waals surface area contributed by atoms with Gasteiger partial charge < -0.3 is 10.2 Å². The highest BCUT2D eigenvalue weighted by Gasteiger charge is 2.30. The number of sulfonamides is 1. The highest BCUT2D eigenvalue weighted by Crippen LogP contribution is 2.24. The van der Waals surface area contributed by atoms with E-state index in [9.17, 15) is 18.0 Å². The second-order valence-corrected chi connectivity index (χ2v) is 10.1. The fourth-order valence-corrected chi connectivity index (χ4v) is 4.54. The van der Waals surface area contributed by atoms with Crippen molar-refractivity contribution in [3.63, 3.8) is 0 Å². The normalized spacial score (nSPS) is 12.2. The van der Waals surface area contributed by atoms with E-state index in [0.29, 0.717) is 17.3 Å². The molecule has 32 heavy (non-hydrogen) atoms. The predicted octanol–water partition coefficient (Wildman–Crippen LogP) is 3.28. The number of carbonyl (C=O) groups excluding carboxylic acids is 2. The molecular formula is C23H30ClN3O4S. The zero-order chi connectivity index (χ0) is 24.1. The Morgan fingerprint density at radius 2 is 1.81 bits per heavy atom. The maximum atomic E-state index is 13.4. The molecule has 2 aromatic rings. The van der Waals surface area contributed by atoms with Gasteiger partial charge in [-0.05, 0) is 57.0 Å². The van der Waals surface area contributed by atoms with Gasteiger partial charge in [-0.3, -0.25) is 13.9 Å². The van der Waals surface area contributed by atoms with Gasteiger partial charge in [0.15, 0.2) is 0 Å². The van der Waals surface area contributed by atoms with Gasteiger partial charge in [-0.2, -0.15) is 0 Å². The van der Waals surface area contributed by atoms with Gasteiger partial charge in [0.25, 0.3) is 0 Å². The highest BCUT2D eigenvalue weighted by atomic mass is 35.5. The van der Waals surface area contributed by atoms with Crippen molar-refractivity contribution in [2.45, 2.75) is 40.3 Å². The van der Waals surface area contributed by atoms with Crippen LogP contribution in [0.1, 0.15) is 30.5 Å². The lowest BCUT2D eigenvalue weighted by molar-refractivity contribution is -0.139. The molecule has 0 saturated carbocycles. The first-order valence-electron chi connectivity index (χ1n) is 10.3. The number of carbonyl (C=O) groups is 2. The summed E-state index contributed by atoms with van der Waals surface area (Å²) < 4.78 is 26.3. The minimum atomic E-state index is -3.75. The summed E-state index contributed by atoms with van der Waals surface area (Å²) in [5.74, 6) is -0.811. The minimum Gasteiger partial charge on any atom is -0.355 e. The van der Waals surface area contributed by atoms with Crippen LogP contribution in [-0.4, -0.2) is 50.5 Å². The highest BCUT2D eigenvalue weighted by molar-refractivity contribution is 7.92. The van der Waals surface area contributed by atoms with Gasteiger partial charge in [0.2, 0.25) is 21.8 Å². The molecule has 9 heteroatoms. The molecule has 2 aromatic carbocycles. The lowest BCUT2D eigenvalue weighted by Crippen LogP contribution is -2.51. The summed E-state index contributed by atoms with van der Waals surface area (Å²) in [5, 5.41) is 3.23. The summed E-state index contributed by atoms with van der Waals surface area (Å²) in [5.41, 5.74) is 2.89. The number of hydrogen-bond acceptors (Lipinski definition) is 4. The molecule has 0 aromatic heterocycles. The summed E-state index contributed by atoms with van der Waals surface area (Å²) in [4.78, 5) is 27.3. The van der Waals surface area contributed by atoms with Crippen LogP contribution in [0.2, 0.25) is 5.02 Å². The molecule has 0 fully saturated rings. The smallest absolute Gasteiger partial charge is 0.244 e. The molecule has 1 atom stereocenters. The molecule has 7 nitrogen and oxygen atoms in total. The topological polar surface area (TPSA) is 86.8 Å². The average molecular weight is 480 g/mol. The number of anilines is 1. The molecule has 0 aliphatic heterocycles. The number of nitrogens with one attached hydrogen (secondary N) is 1. The van der Waals surface area contributed by atoms with Crippen LogP contribution in [0.4, 0.5) is 5.69 Å². The lowest BCUT2D eigenvalue weighted by atomic mass is 10.1. The number of amides is 2. The average Bonchev–Trinajstić information content (AvgIpc) is 2.69. The Bertz CT molecular complexity index is 1090. The van der Waals surface area contributed by atoms with E-state index in [4.69, 9.17) is 11.6 Å². The second kappa shape index (κ2) is 10.8. The molecule has 2 rings (SSSR count). The number of nitrogens with zero attached hydrogens (tertiary/aromatic N) is 2. The van der Waals surface area contributed by atoms with Crippen LogP contribution in [-0.2, 0) is 26.2 Å². The van der Waals surface area contributed by atoms with E-state index in [1.807, 2.05) is 13.0 Å². The van der Waals surface area contributed by atoms with Crippen LogP contribution in [0.25, 0.3) is 0 Å². The van der Waals surface area contributed by atoms with Crippen molar-refractivity contribution >= 4 is 39.1 Å². The Morgan fingerprint density at radius 1 is 1.12 bits per heavy atom. The van der Waals surface area contributed by atoms with E-state index in [1.54, 1.807) is 57.2 Å². The molecule has 0 saturated heterocycles. The number of benzene rings is 2. The molecular weight excluding hydrogens is 450 g/mol. The van der Waals surface area contributed by atoms with Crippen molar-refractivity contribution in [2.75, 3.05) is 23.7 Å². The number of likely N-dealkylation sites (N-methyl/N-ethyl adjacent to an activating group) is 1. The molecule has 0 unspecified atom stereocenters. The van der Waals surface area contributed by atoms with E-state index >= 15 is 0 Å². The fraction of sp³-hybridized carbons (Fsp3) is 0.391. The summed E-state index contributed by atoms with van der Waals surface area (Å²) in [6.07, 6.45) is 1.06. The molecule has 174 valence electrons. The van der Waals surface area contributed by atoms with Crippen LogP contribution in [0.5, 0.6) is 0 Å². The molecule has 0 heterocycles. The first-order chi connectivity index (χ1) is 14.9. The van der Waals surface area contributed by atoms with Crippen LogP contribution in [0, 0.1) is 13.8 Å². The summed E-state index contributed by atoms with van der Waals surface area (Å²) in [7, 11) is -3.75. The third-order valence-corrected chi connectivity index (χ3v) is 6.42. The molecule has 0 bridgehead atoms. The van der Waals surface area contributed by atoms with Crippen molar-refractivity contribution in [2.24, 2.45) is 0 Å². The zero-order valence-corrected chi connectivity index (χ0v) is 20.6. The van der Waals surface area contributed by atoms with E-state index in [-0.39, 0.29) is 12.5 Å². The summed E-state index contributed by atoms with van der Waals surface area (Å²) in [6, 6.07) is 11.5. The van der Waals surface area contributed by atoms with Gasteiger partial charge in [0, 0.05) is 18.1 Å². The van der Waals surface area contributed by atoms with Gasteiger partial charge >= 0.3 is 0 Å². The second-order valence-electron chi connectivity index (χ2n) is 7.78. The van der Waals surface area contributed by atoms with E-state index < -0.39 is 28.5 Å². The standard InChI is InChI=1S/C23H30ClN3O4S/c1-6-25-23(29)18(4)26(14-19-8-7-9-20(24)13-19)22(28)15-27(32(5,30)31)21-11-10-16(2)12-17(21)3/h7-13,18H,6,14-15H2,1-5H3,(H,25,29)/t18-/m0/s1. The lowest BCUT2D eigenvalue weighted by Gasteiger charge is -2.32. The van der Waals surface area contributed by atoms with Gasteiger partial charge in [-0.15, -0.1) is 0 Å². The van der Waals surface area contributed by atoms with Gasteiger partial charge in [0.05, 0.1) is 11.9 Å². The predicted molar refractivity (Wildman–Crippen MR) is 128 cm³/mol. The Balaban J connectivity index is 2.42. The third-order valence-electron chi connectivity index (χ3n) is 5.06. The maximum Gasteiger partial charge on any atom is 0.244 e. The fourth-order valence-electron chi connectivity index (χ4n) is 3.42. The number of aryl methyl sites for hydroxylation is 2. The van der Waals surface area contributed by atoms with Crippen LogP contribution in [0.3, 0.4) is 0 Å². The Kier molecular flexibility index (Phi) is 8.69. The SMILES string of the molecule is CCNC(=O)[C@H](C)N(Cc1cccc(Cl)c1)C(=O)CN(c1ccc(C)cc1C)S(C)(=O)=O. The van der Waals surface area contributed by atoms with E-state index in [1.165, 1.54) is 4.90 Å². The molecule has 0 spiro atoms. The minimum absolute atomic E-state index is 0.113. The van der Waals surface area contributed by atoms with Crippen molar-refractivity contribution in [3.05, 3.63) is 64.2 Å². The van der Waals surface area contributed by atoms with Crippen LogP contribution < -0.4 is 9.62 Å². The van der Waals surface area contributed by atoms with Gasteiger partial charge in [-0.25, -0.2) is 8.42 Å². The van der Waals surface area contributed by atoms with Crippen molar-refractivity contribution < 1.29 is 18.0 Å². The Morgan fingerprint density at radius 3 is 2.38 bits per heavy atom. The first-order valence-corrected chi connectivity index (χ1v) is 12.5. The molecule has 0 radical (unpaired) electrons. The van der Waals surface area contributed by atoms with Crippen LogP contribution in [0.15, 0.2) is 42.5 Å². The molecule has 2 amide bonds. The molecule has 0 aliphatic carbocycles. The Labute approximate surface area is 195 Å². The van der Waals surface area contributed by atoms with Crippen LogP contribution >= 0.6 is 11.6 Å². The van der Waals surface area contributed by atoms with Crippen molar-refractivity contribution in [3.8, 4) is 0 Å². The van der Waals surface area contributed by atoms with Gasteiger partial charge in [0.1, 0.15) is 12.6 Å². The monoisotopic (exact) mass is 479 g/mol. The number of rotatable bonds is 9. The largest absolute Gasteiger partial charge is 0.355 e. The summed E-state index contributed by atoms with van der Waals surface area (Å²) in [6.45, 7) is 7.23. The summed E-state index contributed by atoms with van der Waals surface area (Å²) >= 11 is 6.08. The quantitative estimate of drug-likeness (QED) is 0.598. The van der Waals surface area contributed by atoms with Crippen molar-refractivity contribution in [1.82, 2.24) is 10.2 Å². The zero-order valence-electron chi connectivity index (χ0n) is 19.1. The molecule has 0 aliphatic rings. The van der Waals surface area contributed by atoms with Gasteiger partial charge in [-0.1, -0.05) is 41.4 Å². The Hall–Kier alpha value is -2.58. The maximum absolute atomic E-state index is 13.4. The number of hydrogen-bond donors (Lipinski definition) is 1.